The Morgan fingerprint density at radius 1 is 0.867 bits per heavy atom. The molecule has 4 aromatic rings. The molecule has 1 fully saturated rings. The maximum Gasteiger partial charge on any atom is 0.279 e. The molecule has 6 heteroatoms. The van der Waals surface area contributed by atoms with E-state index < -0.39 is 0 Å². The molecule has 0 aliphatic carbocycles. The lowest BCUT2D eigenvalue weighted by Crippen LogP contribution is -2.36. The van der Waals surface area contributed by atoms with Crippen LogP contribution in [0.1, 0.15) is 0 Å². The zero-order chi connectivity index (χ0) is 20.5. The largest absolute Gasteiger partial charge is 0.397 e. The van der Waals surface area contributed by atoms with Gasteiger partial charge in [0.05, 0.1) is 35.7 Å². The Hall–Kier alpha value is -3.64. The van der Waals surface area contributed by atoms with Gasteiger partial charge in [-0.3, -0.25) is 4.79 Å². The third-order valence-electron chi connectivity index (χ3n) is 5.47. The summed E-state index contributed by atoms with van der Waals surface area (Å²) in [4.78, 5) is 15.6. The number of rotatable bonds is 3. The number of aromatic nitrogens is 2. The molecule has 1 aromatic heterocycles. The molecule has 2 heterocycles. The van der Waals surface area contributed by atoms with Crippen molar-refractivity contribution in [3.63, 3.8) is 0 Å². The minimum absolute atomic E-state index is 0.184. The summed E-state index contributed by atoms with van der Waals surface area (Å²) in [5, 5.41) is 6.21. The molecule has 0 unspecified atom stereocenters. The number of nitrogen functional groups attached to an aromatic ring is 1. The van der Waals surface area contributed by atoms with E-state index in [1.54, 1.807) is 0 Å². The zero-order valence-corrected chi connectivity index (χ0v) is 16.5. The molecule has 0 spiro atoms. The lowest BCUT2D eigenvalue weighted by atomic mass is 10.1. The predicted octanol–water partition coefficient (Wildman–Crippen LogP) is 3.47. The van der Waals surface area contributed by atoms with E-state index in [4.69, 9.17) is 15.6 Å². The third-order valence-corrected chi connectivity index (χ3v) is 5.47. The minimum atomic E-state index is -0.184. The van der Waals surface area contributed by atoms with Crippen LogP contribution in [0.4, 0.5) is 11.4 Å². The van der Waals surface area contributed by atoms with Crippen LogP contribution in [-0.2, 0) is 4.74 Å². The van der Waals surface area contributed by atoms with E-state index in [2.05, 4.69) is 4.90 Å². The fourth-order valence-electron chi connectivity index (χ4n) is 3.90. The van der Waals surface area contributed by atoms with Gasteiger partial charge in [0.1, 0.15) is 0 Å². The highest BCUT2D eigenvalue weighted by Crippen LogP contribution is 2.28. The summed E-state index contributed by atoms with van der Waals surface area (Å²) in [6.07, 6.45) is 0. The highest BCUT2D eigenvalue weighted by Gasteiger charge is 2.17. The molecular weight excluding hydrogens is 376 g/mol. The van der Waals surface area contributed by atoms with Gasteiger partial charge in [-0.1, -0.05) is 48.5 Å². The Morgan fingerprint density at radius 3 is 2.33 bits per heavy atom. The molecule has 150 valence electrons. The molecule has 1 saturated heterocycles. The zero-order valence-electron chi connectivity index (χ0n) is 16.5. The lowest BCUT2D eigenvalue weighted by molar-refractivity contribution is 0.122. The van der Waals surface area contributed by atoms with Crippen LogP contribution in [0.25, 0.3) is 27.7 Å². The molecule has 5 rings (SSSR count). The van der Waals surface area contributed by atoms with Crippen molar-refractivity contribution in [2.75, 3.05) is 36.9 Å². The van der Waals surface area contributed by atoms with E-state index in [0.717, 1.165) is 35.4 Å². The molecule has 1 aliphatic rings. The number of anilines is 2. The van der Waals surface area contributed by atoms with Crippen LogP contribution in [0.5, 0.6) is 0 Å². The molecule has 6 nitrogen and oxygen atoms in total. The second-order valence-electron chi connectivity index (χ2n) is 7.32. The second kappa shape index (κ2) is 7.65. The number of ether oxygens (including phenoxy) is 1. The van der Waals surface area contributed by atoms with Gasteiger partial charge in [0.2, 0.25) is 0 Å². The monoisotopic (exact) mass is 398 g/mol. The Balaban J connectivity index is 1.74. The summed E-state index contributed by atoms with van der Waals surface area (Å²) in [5.41, 5.74) is 9.93. The Bertz CT molecular complexity index is 1260. The first kappa shape index (κ1) is 18.4. The van der Waals surface area contributed by atoms with Crippen LogP contribution < -0.4 is 16.2 Å². The van der Waals surface area contributed by atoms with Crippen LogP contribution >= 0.6 is 0 Å². The molecule has 0 bridgehead atoms. The standard InChI is InChI=1S/C24H22N4O2/c25-21-11-10-18(27-12-14-30-15-13-27)16-22(21)28-24(29)20-9-5-4-8-19(20)23(26-28)17-6-2-1-3-7-17/h1-11,16H,12-15,25H2. The van der Waals surface area contributed by atoms with Crippen LogP contribution in [0.2, 0.25) is 0 Å². The van der Waals surface area contributed by atoms with Gasteiger partial charge >= 0.3 is 0 Å². The first-order valence-electron chi connectivity index (χ1n) is 10.0. The Labute approximate surface area is 174 Å². The Kier molecular flexibility index (Phi) is 4.69. The molecule has 0 atom stereocenters. The number of benzene rings is 3. The van der Waals surface area contributed by atoms with E-state index in [1.807, 2.05) is 72.8 Å². The van der Waals surface area contributed by atoms with Crippen molar-refractivity contribution in [3.05, 3.63) is 83.2 Å². The summed E-state index contributed by atoms with van der Waals surface area (Å²) < 4.78 is 6.89. The van der Waals surface area contributed by atoms with Crippen molar-refractivity contribution in [1.29, 1.82) is 0 Å². The van der Waals surface area contributed by atoms with Gasteiger partial charge in [-0.05, 0) is 24.3 Å². The Morgan fingerprint density at radius 2 is 1.57 bits per heavy atom. The van der Waals surface area contributed by atoms with Gasteiger partial charge in [-0.2, -0.15) is 9.78 Å². The van der Waals surface area contributed by atoms with Crippen molar-refractivity contribution in [2.24, 2.45) is 0 Å². The first-order valence-corrected chi connectivity index (χ1v) is 10.0. The fourth-order valence-corrected chi connectivity index (χ4v) is 3.90. The molecule has 0 amide bonds. The van der Waals surface area contributed by atoms with E-state index in [1.165, 1.54) is 4.68 Å². The van der Waals surface area contributed by atoms with Crippen LogP contribution in [0.3, 0.4) is 0 Å². The number of hydrogen-bond acceptors (Lipinski definition) is 5. The average Bonchev–Trinajstić information content (AvgIpc) is 2.81. The molecule has 0 saturated carbocycles. The number of nitrogens with zero attached hydrogens (tertiary/aromatic N) is 3. The normalized spacial score (nSPS) is 14.2. The highest BCUT2D eigenvalue weighted by molar-refractivity contribution is 5.94. The molecule has 0 radical (unpaired) electrons. The number of morpholine rings is 1. The lowest BCUT2D eigenvalue weighted by Gasteiger charge is -2.29. The SMILES string of the molecule is Nc1ccc(N2CCOCC2)cc1-n1nc(-c2ccccc2)c2ccccc2c1=O. The van der Waals surface area contributed by atoms with Crippen LogP contribution in [0.15, 0.2) is 77.6 Å². The van der Waals surface area contributed by atoms with Crippen molar-refractivity contribution in [3.8, 4) is 16.9 Å². The number of hydrogen-bond donors (Lipinski definition) is 1. The first-order chi connectivity index (χ1) is 14.7. The minimum Gasteiger partial charge on any atom is -0.397 e. The van der Waals surface area contributed by atoms with E-state index in [-0.39, 0.29) is 5.56 Å². The van der Waals surface area contributed by atoms with Gasteiger partial charge in [-0.25, -0.2) is 0 Å². The van der Waals surface area contributed by atoms with E-state index in [9.17, 15) is 4.79 Å². The van der Waals surface area contributed by atoms with Crippen molar-refractivity contribution < 1.29 is 4.74 Å². The van der Waals surface area contributed by atoms with Crippen molar-refractivity contribution in [2.45, 2.75) is 0 Å². The topological polar surface area (TPSA) is 73.4 Å². The van der Waals surface area contributed by atoms with Crippen molar-refractivity contribution in [1.82, 2.24) is 9.78 Å². The molecular formula is C24H22N4O2. The average molecular weight is 398 g/mol. The van der Waals surface area contributed by atoms with Gasteiger partial charge in [-0.15, -0.1) is 0 Å². The van der Waals surface area contributed by atoms with Gasteiger partial charge in [0, 0.05) is 29.7 Å². The second-order valence-corrected chi connectivity index (χ2v) is 7.32. The van der Waals surface area contributed by atoms with Crippen LogP contribution in [0, 0.1) is 0 Å². The van der Waals surface area contributed by atoms with Gasteiger partial charge in [0.15, 0.2) is 0 Å². The summed E-state index contributed by atoms with van der Waals surface area (Å²) in [6.45, 7) is 2.98. The summed E-state index contributed by atoms with van der Waals surface area (Å²) in [5.74, 6) is 0. The maximum atomic E-state index is 13.4. The quantitative estimate of drug-likeness (QED) is 0.535. The smallest absolute Gasteiger partial charge is 0.279 e. The third kappa shape index (κ3) is 3.21. The van der Waals surface area contributed by atoms with Gasteiger partial charge in [0.25, 0.3) is 5.56 Å². The van der Waals surface area contributed by atoms with Gasteiger partial charge < -0.3 is 15.4 Å². The molecule has 3 aromatic carbocycles. The molecule has 30 heavy (non-hydrogen) atoms. The fraction of sp³-hybridized carbons (Fsp3) is 0.167. The van der Waals surface area contributed by atoms with Crippen molar-refractivity contribution >= 4 is 22.1 Å². The summed E-state index contributed by atoms with van der Waals surface area (Å²) >= 11 is 0. The van der Waals surface area contributed by atoms with E-state index in [0.29, 0.717) is 30.0 Å². The van der Waals surface area contributed by atoms with Crippen LogP contribution in [-0.4, -0.2) is 36.1 Å². The molecule has 2 N–H and O–H groups in total. The van der Waals surface area contributed by atoms with E-state index >= 15 is 0 Å². The predicted molar refractivity (Wildman–Crippen MR) is 120 cm³/mol. The maximum absolute atomic E-state index is 13.4. The highest BCUT2D eigenvalue weighted by atomic mass is 16.5. The number of fused-ring (bicyclic) bond motifs is 1. The summed E-state index contributed by atoms with van der Waals surface area (Å²) in [6, 6.07) is 23.2. The summed E-state index contributed by atoms with van der Waals surface area (Å²) in [7, 11) is 0. The molecule has 1 aliphatic heterocycles. The number of nitrogens with two attached hydrogens (primary N) is 1.